The van der Waals surface area contributed by atoms with Crippen LogP contribution >= 0.6 is 23.4 Å². The second-order valence-corrected chi connectivity index (χ2v) is 6.30. The van der Waals surface area contributed by atoms with E-state index in [2.05, 4.69) is 38.3 Å². The maximum atomic E-state index is 5.96. The molecule has 1 atom stereocenters. The van der Waals surface area contributed by atoms with Gasteiger partial charge >= 0.3 is 0 Å². The Morgan fingerprint density at radius 3 is 2.74 bits per heavy atom. The second kappa shape index (κ2) is 7.14. The van der Waals surface area contributed by atoms with Crippen molar-refractivity contribution in [1.29, 1.82) is 0 Å². The van der Waals surface area contributed by atoms with E-state index in [-0.39, 0.29) is 5.28 Å². The lowest BCUT2D eigenvalue weighted by Crippen LogP contribution is -2.22. The first kappa shape index (κ1) is 14.7. The zero-order valence-corrected chi connectivity index (χ0v) is 13.0. The lowest BCUT2D eigenvalue weighted by Gasteiger charge is -2.16. The van der Waals surface area contributed by atoms with Gasteiger partial charge in [-0.25, -0.2) is 0 Å². The molecule has 0 aliphatic carbocycles. The van der Waals surface area contributed by atoms with Crippen LogP contribution in [0.5, 0.6) is 0 Å². The largest absolute Gasteiger partial charge is 0.354 e. The summed E-state index contributed by atoms with van der Waals surface area (Å²) < 4.78 is 0. The number of nitrogens with one attached hydrogen (secondary N) is 1. The highest BCUT2D eigenvalue weighted by Crippen LogP contribution is 2.18. The molecule has 2 heterocycles. The van der Waals surface area contributed by atoms with Gasteiger partial charge in [0.25, 0.3) is 0 Å². The molecule has 0 bridgehead atoms. The Balaban J connectivity index is 1.96. The normalized spacial score (nSPS) is 16.7. The van der Waals surface area contributed by atoms with Crippen LogP contribution in [0.2, 0.25) is 5.28 Å². The predicted octanol–water partition coefficient (Wildman–Crippen LogP) is 2.68. The Hall–Kier alpha value is -0.750. The van der Waals surface area contributed by atoms with E-state index in [9.17, 15) is 0 Å². The van der Waals surface area contributed by atoms with Crippen molar-refractivity contribution >= 4 is 35.3 Å². The Kier molecular flexibility index (Phi) is 5.51. The topological polar surface area (TPSA) is 53.9 Å². The molecular formula is C12H20ClN5S. The molecule has 1 unspecified atom stereocenters. The summed E-state index contributed by atoms with van der Waals surface area (Å²) in [4.78, 5) is 14.9. The maximum absolute atomic E-state index is 5.96. The number of anilines is 2. The summed E-state index contributed by atoms with van der Waals surface area (Å²) in [7, 11) is 0. The molecule has 2 rings (SSSR count). The predicted molar refractivity (Wildman–Crippen MR) is 82.4 cm³/mol. The first-order valence-corrected chi connectivity index (χ1v) is 8.29. The maximum Gasteiger partial charge on any atom is 0.231 e. The molecular weight excluding hydrogens is 282 g/mol. The van der Waals surface area contributed by atoms with Crippen LogP contribution in [-0.4, -0.2) is 46.1 Å². The van der Waals surface area contributed by atoms with Gasteiger partial charge in [-0.15, -0.1) is 0 Å². The van der Waals surface area contributed by atoms with E-state index < -0.39 is 0 Å². The smallest absolute Gasteiger partial charge is 0.231 e. The zero-order valence-electron chi connectivity index (χ0n) is 11.4. The lowest BCUT2D eigenvalue weighted by molar-refractivity contribution is 0.832. The van der Waals surface area contributed by atoms with Crippen LogP contribution < -0.4 is 10.2 Å². The highest BCUT2D eigenvalue weighted by Gasteiger charge is 2.16. The first-order valence-electron chi connectivity index (χ1n) is 6.62. The lowest BCUT2D eigenvalue weighted by atomic mass is 10.3. The van der Waals surface area contributed by atoms with Gasteiger partial charge in [0.1, 0.15) is 0 Å². The molecule has 0 radical (unpaired) electrons. The van der Waals surface area contributed by atoms with Crippen LogP contribution in [0.1, 0.15) is 26.2 Å². The van der Waals surface area contributed by atoms with Crippen LogP contribution in [0.25, 0.3) is 0 Å². The minimum absolute atomic E-state index is 0.261. The number of rotatable bonds is 6. The molecule has 7 heteroatoms. The van der Waals surface area contributed by atoms with E-state index in [1.165, 1.54) is 12.8 Å². The van der Waals surface area contributed by atoms with Crippen molar-refractivity contribution < 1.29 is 0 Å². The molecule has 1 aliphatic heterocycles. The number of hydrogen-bond acceptors (Lipinski definition) is 6. The van der Waals surface area contributed by atoms with Crippen molar-refractivity contribution in [2.75, 3.05) is 36.1 Å². The monoisotopic (exact) mass is 301 g/mol. The van der Waals surface area contributed by atoms with Gasteiger partial charge < -0.3 is 10.2 Å². The number of hydrogen-bond donors (Lipinski definition) is 1. The molecule has 19 heavy (non-hydrogen) atoms. The van der Waals surface area contributed by atoms with Crippen molar-refractivity contribution in [1.82, 2.24) is 15.0 Å². The standard InChI is InChI=1S/C12H20ClN5S/c1-9(19-2)5-6-14-11-15-10(13)16-12(17-11)18-7-3-4-8-18/h9H,3-8H2,1-2H3,(H,14,15,16,17). The molecule has 1 aromatic rings. The summed E-state index contributed by atoms with van der Waals surface area (Å²) in [6, 6.07) is 0. The SMILES string of the molecule is CSC(C)CCNc1nc(Cl)nc(N2CCCC2)n1. The Morgan fingerprint density at radius 1 is 1.32 bits per heavy atom. The van der Waals surface area contributed by atoms with Crippen LogP contribution in [0, 0.1) is 0 Å². The fourth-order valence-electron chi connectivity index (χ4n) is 1.98. The second-order valence-electron chi connectivity index (χ2n) is 4.68. The van der Waals surface area contributed by atoms with E-state index in [0.29, 0.717) is 17.1 Å². The van der Waals surface area contributed by atoms with E-state index in [0.717, 1.165) is 26.1 Å². The minimum Gasteiger partial charge on any atom is -0.354 e. The molecule has 1 aliphatic rings. The average molecular weight is 302 g/mol. The summed E-state index contributed by atoms with van der Waals surface area (Å²) in [5.41, 5.74) is 0. The molecule has 0 amide bonds. The summed E-state index contributed by atoms with van der Waals surface area (Å²) in [5.74, 6) is 1.27. The molecule has 1 fully saturated rings. The van der Waals surface area contributed by atoms with Crippen LogP contribution in [0.15, 0.2) is 0 Å². The molecule has 106 valence electrons. The van der Waals surface area contributed by atoms with Crippen molar-refractivity contribution in [2.24, 2.45) is 0 Å². The van der Waals surface area contributed by atoms with Crippen molar-refractivity contribution in [2.45, 2.75) is 31.4 Å². The first-order chi connectivity index (χ1) is 9.19. The van der Waals surface area contributed by atoms with Crippen molar-refractivity contribution in [3.63, 3.8) is 0 Å². The van der Waals surface area contributed by atoms with Crippen LogP contribution in [0.4, 0.5) is 11.9 Å². The molecule has 1 N–H and O–H groups in total. The molecule has 5 nitrogen and oxygen atoms in total. The third-order valence-corrected chi connectivity index (χ3v) is 4.43. The van der Waals surface area contributed by atoms with Crippen LogP contribution in [0.3, 0.4) is 0 Å². The Labute approximate surface area is 123 Å². The van der Waals surface area contributed by atoms with E-state index in [1.54, 1.807) is 0 Å². The van der Waals surface area contributed by atoms with Crippen molar-refractivity contribution in [3.05, 3.63) is 5.28 Å². The Morgan fingerprint density at radius 2 is 2.05 bits per heavy atom. The summed E-state index contributed by atoms with van der Waals surface area (Å²) in [6.07, 6.45) is 5.58. The molecule has 1 aromatic heterocycles. The fourth-order valence-corrected chi connectivity index (χ4v) is 2.49. The van der Waals surface area contributed by atoms with Gasteiger partial charge in [0.2, 0.25) is 17.2 Å². The number of aromatic nitrogens is 3. The number of nitrogens with zero attached hydrogens (tertiary/aromatic N) is 4. The van der Waals surface area contributed by atoms with Gasteiger partial charge in [0.15, 0.2) is 0 Å². The molecule has 0 aromatic carbocycles. The molecule has 0 saturated carbocycles. The number of thioether (sulfide) groups is 1. The average Bonchev–Trinajstić information content (AvgIpc) is 2.91. The van der Waals surface area contributed by atoms with E-state index >= 15 is 0 Å². The van der Waals surface area contributed by atoms with Crippen molar-refractivity contribution in [3.8, 4) is 0 Å². The highest BCUT2D eigenvalue weighted by molar-refractivity contribution is 7.99. The molecule has 0 spiro atoms. The summed E-state index contributed by atoms with van der Waals surface area (Å²) in [5, 5.41) is 4.12. The van der Waals surface area contributed by atoms with Gasteiger partial charge in [-0.3, -0.25) is 0 Å². The Bertz CT molecular complexity index is 411. The van der Waals surface area contributed by atoms with E-state index in [4.69, 9.17) is 11.6 Å². The fraction of sp³-hybridized carbons (Fsp3) is 0.750. The number of halogens is 1. The summed E-state index contributed by atoms with van der Waals surface area (Å²) >= 11 is 7.82. The quantitative estimate of drug-likeness (QED) is 0.872. The van der Waals surface area contributed by atoms with Gasteiger partial charge in [-0.2, -0.15) is 26.7 Å². The van der Waals surface area contributed by atoms with Gasteiger partial charge in [-0.05, 0) is 37.1 Å². The van der Waals surface area contributed by atoms with E-state index in [1.807, 2.05) is 11.8 Å². The highest BCUT2D eigenvalue weighted by atomic mass is 35.5. The zero-order chi connectivity index (χ0) is 13.7. The van der Waals surface area contributed by atoms with Crippen LogP contribution in [-0.2, 0) is 0 Å². The van der Waals surface area contributed by atoms with Gasteiger partial charge in [0.05, 0.1) is 0 Å². The van der Waals surface area contributed by atoms with Gasteiger partial charge in [0, 0.05) is 24.9 Å². The minimum atomic E-state index is 0.261. The molecule has 1 saturated heterocycles. The third kappa shape index (κ3) is 4.38. The summed E-state index contributed by atoms with van der Waals surface area (Å²) in [6.45, 7) is 5.07. The third-order valence-electron chi connectivity index (χ3n) is 3.22. The van der Waals surface area contributed by atoms with Gasteiger partial charge in [-0.1, -0.05) is 6.92 Å².